The van der Waals surface area contributed by atoms with Crippen molar-refractivity contribution in [3.05, 3.63) is 72.2 Å². The Hall–Kier alpha value is -3.04. The van der Waals surface area contributed by atoms with Gasteiger partial charge in [-0.3, -0.25) is 9.69 Å². The molecule has 2 aromatic carbocycles. The van der Waals surface area contributed by atoms with Crippen molar-refractivity contribution in [1.29, 1.82) is 0 Å². The van der Waals surface area contributed by atoms with Crippen LogP contribution in [0.15, 0.2) is 60.8 Å². The summed E-state index contributed by atoms with van der Waals surface area (Å²) in [5.74, 6) is -0.0231. The van der Waals surface area contributed by atoms with Crippen LogP contribution < -0.4 is 0 Å². The lowest BCUT2D eigenvalue weighted by atomic mass is 10.1. The summed E-state index contributed by atoms with van der Waals surface area (Å²) in [4.78, 5) is 17.5. The highest BCUT2D eigenvalue weighted by Gasteiger charge is 2.35. The van der Waals surface area contributed by atoms with Crippen LogP contribution in [-0.2, 0) is 9.84 Å². The summed E-state index contributed by atoms with van der Waals surface area (Å²) in [6.45, 7) is 2.33. The number of halogens is 1. The molecule has 2 saturated heterocycles. The number of sulfone groups is 1. The minimum absolute atomic E-state index is 0.0443. The first-order valence-corrected chi connectivity index (χ1v) is 12.9. The zero-order valence-corrected chi connectivity index (χ0v) is 18.9. The van der Waals surface area contributed by atoms with Gasteiger partial charge in [0.2, 0.25) is 0 Å². The zero-order chi connectivity index (χ0) is 23.0. The molecule has 2 aliphatic heterocycles. The van der Waals surface area contributed by atoms with Crippen molar-refractivity contribution in [3.8, 4) is 16.9 Å². The molecule has 3 heterocycles. The van der Waals surface area contributed by atoms with Crippen LogP contribution >= 0.6 is 0 Å². The second-order valence-corrected chi connectivity index (χ2v) is 10.8. The van der Waals surface area contributed by atoms with Crippen LogP contribution in [0.2, 0.25) is 0 Å². The lowest BCUT2D eigenvalue weighted by Gasteiger charge is -2.37. The molecule has 9 heteroatoms. The summed E-state index contributed by atoms with van der Waals surface area (Å²) >= 11 is 0. The monoisotopic (exact) mass is 468 g/mol. The van der Waals surface area contributed by atoms with E-state index in [2.05, 4.69) is 10.00 Å². The standard InChI is InChI=1S/C24H25FN4O3S/c25-19-8-6-18(7-9-19)23-22(16-29(26-23)20-4-2-1-3-5-20)24(30)28-13-11-27(12-14-28)21-10-15-33(31,32)17-21/h1-9,16,21H,10-15,17H2/t21-/m0/s1. The van der Waals surface area contributed by atoms with Crippen molar-refractivity contribution in [1.82, 2.24) is 19.6 Å². The number of carbonyl (C=O) groups excluding carboxylic acids is 1. The number of hydrogen-bond donors (Lipinski definition) is 0. The van der Waals surface area contributed by atoms with Crippen molar-refractivity contribution in [2.24, 2.45) is 0 Å². The Morgan fingerprint density at radius 3 is 2.30 bits per heavy atom. The second-order valence-electron chi connectivity index (χ2n) is 8.56. The van der Waals surface area contributed by atoms with Crippen LogP contribution in [-0.4, -0.2) is 77.6 Å². The van der Waals surface area contributed by atoms with Gasteiger partial charge in [-0.2, -0.15) is 5.10 Å². The first-order valence-electron chi connectivity index (χ1n) is 11.0. The van der Waals surface area contributed by atoms with Gasteiger partial charge in [0.05, 0.1) is 22.8 Å². The molecule has 0 bridgehead atoms. The molecule has 33 heavy (non-hydrogen) atoms. The SMILES string of the molecule is O=C(c1cn(-c2ccccc2)nc1-c1ccc(F)cc1)N1CCN([C@H]2CCS(=O)(=O)C2)CC1. The highest BCUT2D eigenvalue weighted by molar-refractivity contribution is 7.91. The zero-order valence-electron chi connectivity index (χ0n) is 18.1. The molecule has 1 aromatic heterocycles. The molecule has 0 unspecified atom stereocenters. The maximum atomic E-state index is 13.5. The average molecular weight is 469 g/mol. The van der Waals surface area contributed by atoms with Crippen molar-refractivity contribution in [3.63, 3.8) is 0 Å². The van der Waals surface area contributed by atoms with E-state index in [1.54, 1.807) is 27.9 Å². The summed E-state index contributed by atoms with van der Waals surface area (Å²) in [5, 5.41) is 4.66. The number of nitrogens with zero attached hydrogens (tertiary/aromatic N) is 4. The summed E-state index contributed by atoms with van der Waals surface area (Å²) in [6, 6.07) is 15.5. The van der Waals surface area contributed by atoms with Gasteiger partial charge in [-0.15, -0.1) is 0 Å². The summed E-state index contributed by atoms with van der Waals surface area (Å²) < 4.78 is 38.8. The largest absolute Gasteiger partial charge is 0.336 e. The van der Waals surface area contributed by atoms with Crippen molar-refractivity contribution in [2.45, 2.75) is 12.5 Å². The van der Waals surface area contributed by atoms with E-state index < -0.39 is 9.84 Å². The quantitative estimate of drug-likeness (QED) is 0.589. The number of rotatable bonds is 4. The maximum absolute atomic E-state index is 13.5. The Morgan fingerprint density at radius 1 is 0.970 bits per heavy atom. The fraction of sp³-hybridized carbons (Fsp3) is 0.333. The number of amides is 1. The summed E-state index contributed by atoms with van der Waals surface area (Å²) in [7, 11) is -2.94. The van der Waals surface area contributed by atoms with Crippen LogP contribution in [0.25, 0.3) is 16.9 Å². The van der Waals surface area contributed by atoms with Crippen LogP contribution in [0.5, 0.6) is 0 Å². The fourth-order valence-electron chi connectivity index (χ4n) is 4.59. The topological polar surface area (TPSA) is 75.5 Å². The van der Waals surface area contributed by atoms with Gasteiger partial charge in [-0.25, -0.2) is 17.5 Å². The van der Waals surface area contributed by atoms with E-state index in [1.807, 2.05) is 30.3 Å². The number of aromatic nitrogens is 2. The predicted octanol–water partition coefficient (Wildman–Crippen LogP) is 2.62. The summed E-state index contributed by atoms with van der Waals surface area (Å²) in [5.41, 5.74) is 2.46. The molecule has 1 amide bonds. The predicted molar refractivity (Wildman–Crippen MR) is 123 cm³/mol. The van der Waals surface area contributed by atoms with Crippen molar-refractivity contribution < 1.29 is 17.6 Å². The van der Waals surface area contributed by atoms with Crippen LogP contribution in [0.3, 0.4) is 0 Å². The van der Waals surface area contributed by atoms with E-state index in [-0.39, 0.29) is 29.3 Å². The van der Waals surface area contributed by atoms with E-state index in [4.69, 9.17) is 0 Å². The van der Waals surface area contributed by atoms with Gasteiger partial charge in [-0.1, -0.05) is 18.2 Å². The molecule has 3 aromatic rings. The Bertz CT molecular complexity index is 1250. The molecule has 2 aliphatic rings. The number of piperazine rings is 1. The highest BCUT2D eigenvalue weighted by Crippen LogP contribution is 2.26. The molecule has 5 rings (SSSR count). The van der Waals surface area contributed by atoms with Crippen molar-refractivity contribution >= 4 is 15.7 Å². The number of hydrogen-bond acceptors (Lipinski definition) is 5. The smallest absolute Gasteiger partial charge is 0.257 e. The van der Waals surface area contributed by atoms with E-state index >= 15 is 0 Å². The molecular weight excluding hydrogens is 443 g/mol. The second kappa shape index (κ2) is 8.72. The number of para-hydroxylation sites is 1. The normalized spacial score (nSPS) is 20.8. The maximum Gasteiger partial charge on any atom is 0.257 e. The number of carbonyl (C=O) groups is 1. The lowest BCUT2D eigenvalue weighted by Crippen LogP contribution is -2.52. The minimum Gasteiger partial charge on any atom is -0.336 e. The van der Waals surface area contributed by atoms with Gasteiger partial charge < -0.3 is 4.90 Å². The number of benzene rings is 2. The molecule has 7 nitrogen and oxygen atoms in total. The first-order chi connectivity index (χ1) is 15.9. The fourth-order valence-corrected chi connectivity index (χ4v) is 6.35. The molecule has 0 N–H and O–H groups in total. The Balaban J connectivity index is 1.39. The van der Waals surface area contributed by atoms with E-state index in [0.717, 1.165) is 5.69 Å². The van der Waals surface area contributed by atoms with Gasteiger partial charge in [0.15, 0.2) is 9.84 Å². The highest BCUT2D eigenvalue weighted by atomic mass is 32.2. The Morgan fingerprint density at radius 2 is 1.67 bits per heavy atom. The van der Waals surface area contributed by atoms with Crippen LogP contribution in [0.1, 0.15) is 16.8 Å². The van der Waals surface area contributed by atoms with Crippen LogP contribution in [0.4, 0.5) is 4.39 Å². The third kappa shape index (κ3) is 4.56. The van der Waals surface area contributed by atoms with E-state index in [9.17, 15) is 17.6 Å². The molecule has 172 valence electrons. The lowest BCUT2D eigenvalue weighted by molar-refractivity contribution is 0.0588. The molecule has 1 atom stereocenters. The van der Waals surface area contributed by atoms with E-state index in [0.29, 0.717) is 49.4 Å². The van der Waals surface area contributed by atoms with Gasteiger partial charge in [-0.05, 0) is 42.8 Å². The Kier molecular flexibility index (Phi) is 5.76. The molecule has 0 aliphatic carbocycles. The third-order valence-electron chi connectivity index (χ3n) is 6.41. The van der Waals surface area contributed by atoms with Gasteiger partial charge in [0.25, 0.3) is 5.91 Å². The van der Waals surface area contributed by atoms with Gasteiger partial charge >= 0.3 is 0 Å². The first kappa shape index (κ1) is 21.8. The average Bonchev–Trinajstić information content (AvgIpc) is 3.43. The molecule has 0 spiro atoms. The molecule has 2 fully saturated rings. The molecule has 0 saturated carbocycles. The van der Waals surface area contributed by atoms with E-state index in [1.165, 1.54) is 12.1 Å². The summed E-state index contributed by atoms with van der Waals surface area (Å²) in [6.07, 6.45) is 2.39. The van der Waals surface area contributed by atoms with Crippen LogP contribution in [0, 0.1) is 5.82 Å². The van der Waals surface area contributed by atoms with Gasteiger partial charge in [0.1, 0.15) is 11.5 Å². The molecular formula is C24H25FN4O3S. The Labute approximate surface area is 192 Å². The minimum atomic E-state index is -2.94. The van der Waals surface area contributed by atoms with Crippen molar-refractivity contribution in [2.75, 3.05) is 37.7 Å². The van der Waals surface area contributed by atoms with Gasteiger partial charge in [0, 0.05) is 44.0 Å². The molecule has 0 radical (unpaired) electrons. The third-order valence-corrected chi connectivity index (χ3v) is 8.16.